The Morgan fingerprint density at radius 1 is 1.41 bits per heavy atom. The molecule has 1 unspecified atom stereocenters. The van der Waals surface area contributed by atoms with Crippen molar-refractivity contribution in [1.29, 1.82) is 0 Å². The highest BCUT2D eigenvalue weighted by Gasteiger charge is 2.18. The number of nitrogens with two attached hydrogens (primary N) is 2. The molecule has 94 valence electrons. The number of nitro groups is 1. The van der Waals surface area contributed by atoms with Gasteiger partial charge in [-0.1, -0.05) is 23.2 Å². The van der Waals surface area contributed by atoms with Crippen molar-refractivity contribution in [2.75, 3.05) is 6.54 Å². The Morgan fingerprint density at radius 2 is 2.06 bits per heavy atom. The van der Waals surface area contributed by atoms with Crippen molar-refractivity contribution in [2.45, 2.75) is 18.9 Å². The Hall–Kier alpha value is -0.880. The van der Waals surface area contributed by atoms with Gasteiger partial charge in [-0.2, -0.15) is 0 Å². The number of rotatable bonds is 5. The van der Waals surface area contributed by atoms with Crippen molar-refractivity contribution in [2.24, 2.45) is 11.5 Å². The van der Waals surface area contributed by atoms with Crippen molar-refractivity contribution in [3.63, 3.8) is 0 Å². The molecule has 0 saturated heterocycles. The Kier molecular flexibility index (Phi) is 5.14. The molecule has 0 fully saturated rings. The summed E-state index contributed by atoms with van der Waals surface area (Å²) in [4.78, 5) is 10.2. The van der Waals surface area contributed by atoms with E-state index in [4.69, 9.17) is 34.7 Å². The van der Waals surface area contributed by atoms with Gasteiger partial charge in [0.05, 0.1) is 4.92 Å². The molecule has 0 spiro atoms. The molecule has 1 rings (SSSR count). The first-order chi connectivity index (χ1) is 7.97. The number of hydrogen-bond donors (Lipinski definition) is 2. The first kappa shape index (κ1) is 14.2. The number of nitro benzene ring substituents is 1. The van der Waals surface area contributed by atoms with Crippen LogP contribution in [0.15, 0.2) is 12.1 Å². The topological polar surface area (TPSA) is 95.2 Å². The molecule has 0 heterocycles. The SMILES string of the molecule is NCC(N)CCc1c(Cl)ccc([N+](=O)[O-])c1Cl. The molecule has 0 aliphatic heterocycles. The van der Waals surface area contributed by atoms with E-state index in [2.05, 4.69) is 0 Å². The average Bonchev–Trinajstić information content (AvgIpc) is 2.27. The van der Waals surface area contributed by atoms with E-state index in [1.165, 1.54) is 12.1 Å². The van der Waals surface area contributed by atoms with E-state index in [0.717, 1.165) is 0 Å². The van der Waals surface area contributed by atoms with Gasteiger partial charge >= 0.3 is 0 Å². The van der Waals surface area contributed by atoms with Gasteiger partial charge in [-0.25, -0.2) is 0 Å². The maximum atomic E-state index is 10.7. The summed E-state index contributed by atoms with van der Waals surface area (Å²) in [5.74, 6) is 0. The second-order valence-electron chi connectivity index (χ2n) is 3.65. The molecule has 4 N–H and O–H groups in total. The summed E-state index contributed by atoms with van der Waals surface area (Å²) in [5.41, 5.74) is 11.5. The second-order valence-corrected chi connectivity index (χ2v) is 4.44. The Morgan fingerprint density at radius 3 is 2.59 bits per heavy atom. The van der Waals surface area contributed by atoms with E-state index in [-0.39, 0.29) is 16.8 Å². The third-order valence-corrected chi connectivity index (χ3v) is 3.21. The summed E-state index contributed by atoms with van der Waals surface area (Å²) < 4.78 is 0. The summed E-state index contributed by atoms with van der Waals surface area (Å²) in [6.07, 6.45) is 1.05. The van der Waals surface area contributed by atoms with Crippen LogP contribution in [0.2, 0.25) is 10.0 Å². The molecule has 0 aliphatic rings. The number of halogens is 2. The predicted octanol–water partition coefficient (Wildman–Crippen LogP) is 2.12. The minimum atomic E-state index is -0.537. The summed E-state index contributed by atoms with van der Waals surface area (Å²) in [7, 11) is 0. The van der Waals surface area contributed by atoms with Gasteiger partial charge in [0.1, 0.15) is 5.02 Å². The molecule has 5 nitrogen and oxygen atoms in total. The van der Waals surface area contributed by atoms with Gasteiger partial charge in [-0.3, -0.25) is 10.1 Å². The van der Waals surface area contributed by atoms with Crippen molar-refractivity contribution < 1.29 is 4.92 Å². The van der Waals surface area contributed by atoms with Crippen LogP contribution in [0.5, 0.6) is 0 Å². The lowest BCUT2D eigenvalue weighted by Gasteiger charge is -2.10. The summed E-state index contributed by atoms with van der Waals surface area (Å²) >= 11 is 11.9. The summed E-state index contributed by atoms with van der Waals surface area (Å²) in [6.45, 7) is 0.351. The fourth-order valence-electron chi connectivity index (χ4n) is 1.40. The molecular weight excluding hydrogens is 265 g/mol. The normalized spacial score (nSPS) is 12.5. The van der Waals surface area contributed by atoms with Crippen LogP contribution >= 0.6 is 23.2 Å². The van der Waals surface area contributed by atoms with Crippen LogP contribution in [0, 0.1) is 10.1 Å². The van der Waals surface area contributed by atoms with Gasteiger partial charge < -0.3 is 11.5 Å². The highest BCUT2D eigenvalue weighted by Crippen LogP contribution is 2.33. The van der Waals surface area contributed by atoms with E-state index in [1.807, 2.05) is 0 Å². The highest BCUT2D eigenvalue weighted by molar-refractivity contribution is 6.37. The molecule has 0 amide bonds. The quantitative estimate of drug-likeness (QED) is 0.637. The van der Waals surface area contributed by atoms with E-state index in [1.54, 1.807) is 0 Å². The predicted molar refractivity (Wildman–Crippen MR) is 68.5 cm³/mol. The van der Waals surface area contributed by atoms with Crippen LogP contribution in [0.3, 0.4) is 0 Å². The van der Waals surface area contributed by atoms with Crippen molar-refractivity contribution in [1.82, 2.24) is 0 Å². The molecule has 1 atom stereocenters. The zero-order chi connectivity index (χ0) is 13.0. The molecule has 0 bridgehead atoms. The van der Waals surface area contributed by atoms with Crippen molar-refractivity contribution in [3.8, 4) is 0 Å². The molecule has 17 heavy (non-hydrogen) atoms. The fraction of sp³-hybridized carbons (Fsp3) is 0.400. The monoisotopic (exact) mass is 277 g/mol. The Labute approximate surface area is 109 Å². The number of hydrogen-bond acceptors (Lipinski definition) is 4. The maximum Gasteiger partial charge on any atom is 0.288 e. The van der Waals surface area contributed by atoms with Crippen LogP contribution in [0.4, 0.5) is 5.69 Å². The van der Waals surface area contributed by atoms with Crippen LogP contribution in [-0.2, 0) is 6.42 Å². The van der Waals surface area contributed by atoms with Crippen LogP contribution in [-0.4, -0.2) is 17.5 Å². The third kappa shape index (κ3) is 3.54. The molecule has 7 heteroatoms. The molecule has 1 aromatic rings. The summed E-state index contributed by atoms with van der Waals surface area (Å²) in [5, 5.41) is 11.2. The van der Waals surface area contributed by atoms with Crippen LogP contribution < -0.4 is 11.5 Å². The number of benzene rings is 1. The van der Waals surface area contributed by atoms with Crippen LogP contribution in [0.1, 0.15) is 12.0 Å². The lowest BCUT2D eigenvalue weighted by molar-refractivity contribution is -0.384. The molecule has 1 aromatic carbocycles. The van der Waals surface area contributed by atoms with Gasteiger partial charge in [0.15, 0.2) is 0 Å². The maximum absolute atomic E-state index is 10.7. The largest absolute Gasteiger partial charge is 0.329 e. The first-order valence-electron chi connectivity index (χ1n) is 5.04. The molecule has 0 aromatic heterocycles. The first-order valence-corrected chi connectivity index (χ1v) is 5.79. The Bertz CT molecular complexity index is 426. The van der Waals surface area contributed by atoms with Crippen molar-refractivity contribution in [3.05, 3.63) is 37.9 Å². The van der Waals surface area contributed by atoms with Gasteiger partial charge in [-0.05, 0) is 24.5 Å². The van der Waals surface area contributed by atoms with E-state index < -0.39 is 4.92 Å². The smallest absolute Gasteiger partial charge is 0.288 e. The van der Waals surface area contributed by atoms with E-state index in [9.17, 15) is 10.1 Å². The van der Waals surface area contributed by atoms with Gasteiger partial charge in [-0.15, -0.1) is 0 Å². The lowest BCUT2D eigenvalue weighted by Crippen LogP contribution is -2.30. The van der Waals surface area contributed by atoms with E-state index >= 15 is 0 Å². The molecular formula is C10H13Cl2N3O2. The fourth-order valence-corrected chi connectivity index (χ4v) is 2.03. The molecule has 0 aliphatic carbocycles. The van der Waals surface area contributed by atoms with Gasteiger partial charge in [0, 0.05) is 23.7 Å². The van der Waals surface area contributed by atoms with Gasteiger partial charge in [0.2, 0.25) is 0 Å². The minimum Gasteiger partial charge on any atom is -0.329 e. The highest BCUT2D eigenvalue weighted by atomic mass is 35.5. The zero-order valence-electron chi connectivity index (χ0n) is 9.03. The average molecular weight is 278 g/mol. The van der Waals surface area contributed by atoms with E-state index in [0.29, 0.717) is 30.0 Å². The Balaban J connectivity index is 2.97. The second kappa shape index (κ2) is 6.16. The minimum absolute atomic E-state index is 0.0757. The standard InChI is InChI=1S/C10H13Cl2N3O2/c11-8-3-4-9(15(16)17)10(12)7(8)2-1-6(14)5-13/h3-4,6H,1-2,5,13-14H2. The van der Waals surface area contributed by atoms with Crippen molar-refractivity contribution >= 4 is 28.9 Å². The lowest BCUT2D eigenvalue weighted by atomic mass is 10.0. The van der Waals surface area contributed by atoms with Crippen LogP contribution in [0.25, 0.3) is 0 Å². The molecule has 0 saturated carbocycles. The summed E-state index contributed by atoms with van der Waals surface area (Å²) in [6, 6.07) is 2.59. The zero-order valence-corrected chi connectivity index (χ0v) is 10.5. The van der Waals surface area contributed by atoms with Gasteiger partial charge in [0.25, 0.3) is 5.69 Å². The third-order valence-electron chi connectivity index (χ3n) is 2.43. The number of nitrogens with zero attached hydrogens (tertiary/aromatic N) is 1. The molecule has 0 radical (unpaired) electrons.